The summed E-state index contributed by atoms with van der Waals surface area (Å²) in [6.45, 7) is 5.10. The second kappa shape index (κ2) is 7.92. The molecule has 1 aliphatic heterocycles. The molecule has 5 heteroatoms. The Morgan fingerprint density at radius 1 is 1.00 bits per heavy atom. The van der Waals surface area contributed by atoms with Crippen LogP contribution in [0.2, 0.25) is 0 Å². The summed E-state index contributed by atoms with van der Waals surface area (Å²) in [5.41, 5.74) is 2.06. The molecule has 1 fully saturated rings. The number of carbonyl (C=O) groups excluding carboxylic acids is 1. The van der Waals surface area contributed by atoms with Gasteiger partial charge < -0.3 is 19.9 Å². The van der Waals surface area contributed by atoms with Gasteiger partial charge in [0.05, 0.1) is 12.8 Å². The predicted molar refractivity (Wildman–Crippen MR) is 101 cm³/mol. The van der Waals surface area contributed by atoms with Crippen molar-refractivity contribution in [2.75, 3.05) is 43.5 Å². The maximum absolute atomic E-state index is 12.7. The molecule has 1 aliphatic rings. The van der Waals surface area contributed by atoms with Crippen LogP contribution in [-0.4, -0.2) is 50.1 Å². The molecular weight excluding hydrogens is 314 g/mol. The zero-order chi connectivity index (χ0) is 17.6. The molecule has 1 saturated heterocycles. The first-order chi connectivity index (χ1) is 12.2. The summed E-state index contributed by atoms with van der Waals surface area (Å²) in [4.78, 5) is 17.0. The maximum atomic E-state index is 12.7. The minimum absolute atomic E-state index is 0.124. The van der Waals surface area contributed by atoms with Crippen LogP contribution in [0.3, 0.4) is 0 Å². The quantitative estimate of drug-likeness (QED) is 0.910. The lowest BCUT2D eigenvalue weighted by Crippen LogP contribution is -2.52. The largest absolute Gasteiger partial charge is 0.495 e. The summed E-state index contributed by atoms with van der Waals surface area (Å²) in [6, 6.07) is 17.7. The Labute approximate surface area is 149 Å². The van der Waals surface area contributed by atoms with Crippen LogP contribution in [-0.2, 0) is 4.79 Å². The summed E-state index contributed by atoms with van der Waals surface area (Å²) in [5.74, 6) is 0.870. The normalized spacial score (nSPS) is 15.6. The van der Waals surface area contributed by atoms with E-state index < -0.39 is 0 Å². The van der Waals surface area contributed by atoms with E-state index in [1.165, 1.54) is 5.69 Å². The lowest BCUT2D eigenvalue weighted by atomic mass is 10.2. The number of carbonyl (C=O) groups is 1. The third-order valence-corrected chi connectivity index (χ3v) is 4.56. The number of hydrogen-bond donors (Lipinski definition) is 1. The van der Waals surface area contributed by atoms with Crippen LogP contribution >= 0.6 is 0 Å². The molecule has 1 atom stereocenters. The molecule has 0 aromatic heterocycles. The summed E-state index contributed by atoms with van der Waals surface area (Å²) in [5, 5.41) is 3.27. The molecule has 0 bridgehead atoms. The fourth-order valence-electron chi connectivity index (χ4n) is 3.16. The summed E-state index contributed by atoms with van der Waals surface area (Å²) in [7, 11) is 1.63. The highest BCUT2D eigenvalue weighted by molar-refractivity contribution is 5.85. The van der Waals surface area contributed by atoms with Crippen LogP contribution in [0.25, 0.3) is 0 Å². The number of anilines is 2. The van der Waals surface area contributed by atoms with Crippen molar-refractivity contribution in [1.29, 1.82) is 0 Å². The molecule has 1 heterocycles. The summed E-state index contributed by atoms with van der Waals surface area (Å²) in [6.07, 6.45) is 0. The highest BCUT2D eigenvalue weighted by atomic mass is 16.5. The SMILES string of the molecule is COc1ccccc1N[C@@H](C)C(=O)N1CCN(c2ccccc2)CC1. The molecule has 0 radical (unpaired) electrons. The van der Waals surface area contributed by atoms with Gasteiger partial charge in [0.25, 0.3) is 0 Å². The molecule has 5 nitrogen and oxygen atoms in total. The van der Waals surface area contributed by atoms with Gasteiger partial charge in [0.2, 0.25) is 5.91 Å². The molecule has 1 N–H and O–H groups in total. The Kier molecular flexibility index (Phi) is 5.43. The van der Waals surface area contributed by atoms with E-state index in [2.05, 4.69) is 22.3 Å². The molecule has 3 rings (SSSR count). The number of rotatable bonds is 5. The number of hydrogen-bond acceptors (Lipinski definition) is 4. The Bertz CT molecular complexity index is 697. The molecule has 2 aromatic rings. The number of piperazine rings is 1. The van der Waals surface area contributed by atoms with Crippen molar-refractivity contribution in [2.24, 2.45) is 0 Å². The van der Waals surface area contributed by atoms with Crippen LogP contribution in [0.4, 0.5) is 11.4 Å². The van der Waals surface area contributed by atoms with Gasteiger partial charge >= 0.3 is 0 Å². The van der Waals surface area contributed by atoms with E-state index in [0.717, 1.165) is 37.6 Å². The molecule has 132 valence electrons. The fourth-order valence-corrected chi connectivity index (χ4v) is 3.16. The molecule has 2 aromatic carbocycles. The zero-order valence-corrected chi connectivity index (χ0v) is 14.8. The molecule has 0 spiro atoms. The van der Waals surface area contributed by atoms with Gasteiger partial charge in [0, 0.05) is 31.9 Å². The van der Waals surface area contributed by atoms with Crippen molar-refractivity contribution in [3.8, 4) is 5.75 Å². The lowest BCUT2D eigenvalue weighted by Gasteiger charge is -2.37. The maximum Gasteiger partial charge on any atom is 0.244 e. The van der Waals surface area contributed by atoms with E-state index in [9.17, 15) is 4.79 Å². The van der Waals surface area contributed by atoms with Gasteiger partial charge in [-0.2, -0.15) is 0 Å². The molecular formula is C20H25N3O2. The standard InChI is InChI=1S/C20H25N3O2/c1-16(21-18-10-6-7-11-19(18)25-2)20(24)23-14-12-22(13-15-23)17-8-4-3-5-9-17/h3-11,16,21H,12-15H2,1-2H3/t16-/m0/s1. The molecule has 1 amide bonds. The van der Waals surface area contributed by atoms with Crippen LogP contribution < -0.4 is 15.0 Å². The number of benzene rings is 2. The first kappa shape index (κ1) is 17.1. The van der Waals surface area contributed by atoms with Gasteiger partial charge in [-0.3, -0.25) is 4.79 Å². The Hall–Kier alpha value is -2.69. The average molecular weight is 339 g/mol. The summed E-state index contributed by atoms with van der Waals surface area (Å²) < 4.78 is 5.34. The number of amides is 1. The summed E-state index contributed by atoms with van der Waals surface area (Å²) >= 11 is 0. The third kappa shape index (κ3) is 4.05. The topological polar surface area (TPSA) is 44.8 Å². The number of nitrogens with zero attached hydrogens (tertiary/aromatic N) is 2. The number of methoxy groups -OCH3 is 1. The number of para-hydroxylation sites is 3. The van der Waals surface area contributed by atoms with Crippen molar-refractivity contribution in [2.45, 2.75) is 13.0 Å². The van der Waals surface area contributed by atoms with Crippen LogP contribution in [0, 0.1) is 0 Å². The number of ether oxygens (including phenoxy) is 1. The zero-order valence-electron chi connectivity index (χ0n) is 14.8. The fraction of sp³-hybridized carbons (Fsp3) is 0.350. The highest BCUT2D eigenvalue weighted by Crippen LogP contribution is 2.24. The predicted octanol–water partition coefficient (Wildman–Crippen LogP) is 2.84. The minimum Gasteiger partial charge on any atom is -0.495 e. The van der Waals surface area contributed by atoms with E-state index in [4.69, 9.17) is 4.74 Å². The second-order valence-electron chi connectivity index (χ2n) is 6.21. The van der Waals surface area contributed by atoms with Gasteiger partial charge in [-0.25, -0.2) is 0 Å². The van der Waals surface area contributed by atoms with Gasteiger partial charge in [0.1, 0.15) is 11.8 Å². The Morgan fingerprint density at radius 3 is 2.32 bits per heavy atom. The van der Waals surface area contributed by atoms with Crippen molar-refractivity contribution in [3.63, 3.8) is 0 Å². The Morgan fingerprint density at radius 2 is 1.64 bits per heavy atom. The van der Waals surface area contributed by atoms with Gasteiger partial charge in [-0.15, -0.1) is 0 Å². The van der Waals surface area contributed by atoms with Crippen molar-refractivity contribution < 1.29 is 9.53 Å². The van der Waals surface area contributed by atoms with Crippen LogP contribution in [0.15, 0.2) is 54.6 Å². The van der Waals surface area contributed by atoms with E-state index >= 15 is 0 Å². The monoisotopic (exact) mass is 339 g/mol. The van der Waals surface area contributed by atoms with E-state index in [1.807, 2.05) is 54.3 Å². The van der Waals surface area contributed by atoms with Gasteiger partial charge in [0.15, 0.2) is 0 Å². The van der Waals surface area contributed by atoms with Crippen LogP contribution in [0.5, 0.6) is 5.75 Å². The molecule has 0 unspecified atom stereocenters. The second-order valence-corrected chi connectivity index (χ2v) is 6.21. The minimum atomic E-state index is -0.292. The van der Waals surface area contributed by atoms with Gasteiger partial charge in [-0.1, -0.05) is 30.3 Å². The molecule has 0 saturated carbocycles. The first-order valence-corrected chi connectivity index (χ1v) is 8.67. The van der Waals surface area contributed by atoms with E-state index in [-0.39, 0.29) is 11.9 Å². The Balaban J connectivity index is 1.57. The first-order valence-electron chi connectivity index (χ1n) is 8.67. The average Bonchev–Trinajstić information content (AvgIpc) is 2.68. The third-order valence-electron chi connectivity index (χ3n) is 4.56. The smallest absolute Gasteiger partial charge is 0.244 e. The highest BCUT2D eigenvalue weighted by Gasteiger charge is 2.25. The van der Waals surface area contributed by atoms with Gasteiger partial charge in [-0.05, 0) is 31.2 Å². The van der Waals surface area contributed by atoms with E-state index in [1.54, 1.807) is 7.11 Å². The van der Waals surface area contributed by atoms with E-state index in [0.29, 0.717) is 0 Å². The number of nitrogens with one attached hydrogen (secondary N) is 1. The molecule has 25 heavy (non-hydrogen) atoms. The molecule has 0 aliphatic carbocycles. The van der Waals surface area contributed by atoms with Crippen LogP contribution in [0.1, 0.15) is 6.92 Å². The lowest BCUT2D eigenvalue weighted by molar-refractivity contribution is -0.131. The van der Waals surface area contributed by atoms with Crippen molar-refractivity contribution in [3.05, 3.63) is 54.6 Å². The van der Waals surface area contributed by atoms with Crippen molar-refractivity contribution in [1.82, 2.24) is 4.90 Å². The van der Waals surface area contributed by atoms with Crippen molar-refractivity contribution >= 4 is 17.3 Å².